The van der Waals surface area contributed by atoms with Gasteiger partial charge in [0.05, 0.1) is 16.7 Å². The Kier molecular flexibility index (Phi) is 5.44. The van der Waals surface area contributed by atoms with Crippen LogP contribution < -0.4 is 5.32 Å². The number of thiazole rings is 2. The Morgan fingerprint density at radius 2 is 2.14 bits per heavy atom. The molecule has 114 valence electrons. The first-order valence-corrected chi connectivity index (χ1v) is 8.58. The van der Waals surface area contributed by atoms with Crippen LogP contribution in [0.2, 0.25) is 0 Å². The number of carbonyl (C=O) groups excluding carboxylic acids is 1. The van der Waals surface area contributed by atoms with Gasteiger partial charge in [0.15, 0.2) is 5.13 Å². The summed E-state index contributed by atoms with van der Waals surface area (Å²) in [4.78, 5) is 22.8. The summed E-state index contributed by atoms with van der Waals surface area (Å²) >= 11 is 3.10. The van der Waals surface area contributed by atoms with Gasteiger partial charge < -0.3 is 5.32 Å². The summed E-state index contributed by atoms with van der Waals surface area (Å²) in [6.07, 6.45) is 1.68. The number of carbonyl (C=O) groups is 1. The summed E-state index contributed by atoms with van der Waals surface area (Å²) in [5, 5.41) is 8.50. The zero-order chi connectivity index (χ0) is 15.4. The molecule has 7 heteroatoms. The second-order valence-corrected chi connectivity index (χ2v) is 7.03. The van der Waals surface area contributed by atoms with E-state index < -0.39 is 0 Å². The Bertz CT molecular complexity index is 580. The Hall–Kier alpha value is -1.31. The summed E-state index contributed by atoms with van der Waals surface area (Å²) in [5.41, 5.74) is 1.01. The fourth-order valence-corrected chi connectivity index (χ4v) is 3.11. The van der Waals surface area contributed by atoms with Crippen LogP contribution in [0.15, 0.2) is 17.0 Å². The standard InChI is InChI=1S/C14H20N4OS2/c1-9(2)13-16-11(8-21-13)7-18(4)10(3)12(19)17-14-15-5-6-20-14/h5-6,8-10H,7H2,1-4H3,(H,15,17,19)/t10-/m0/s1. The molecule has 0 bridgehead atoms. The van der Waals surface area contributed by atoms with E-state index in [1.54, 1.807) is 17.5 Å². The third kappa shape index (κ3) is 4.33. The molecule has 2 rings (SSSR count). The molecule has 0 radical (unpaired) electrons. The zero-order valence-corrected chi connectivity index (χ0v) is 14.3. The van der Waals surface area contributed by atoms with Gasteiger partial charge in [-0.25, -0.2) is 9.97 Å². The molecule has 0 spiro atoms. The molecule has 0 aromatic carbocycles. The molecule has 0 aliphatic carbocycles. The summed E-state index contributed by atoms with van der Waals surface area (Å²) in [6.45, 7) is 6.82. The highest BCUT2D eigenvalue weighted by Crippen LogP contribution is 2.20. The van der Waals surface area contributed by atoms with Crippen LogP contribution >= 0.6 is 22.7 Å². The predicted molar refractivity (Wildman–Crippen MR) is 87.9 cm³/mol. The van der Waals surface area contributed by atoms with Crippen molar-refractivity contribution in [2.75, 3.05) is 12.4 Å². The summed E-state index contributed by atoms with van der Waals surface area (Å²) in [7, 11) is 1.93. The first-order chi connectivity index (χ1) is 9.97. The van der Waals surface area contributed by atoms with E-state index in [0.717, 1.165) is 10.7 Å². The smallest absolute Gasteiger partial charge is 0.243 e. The van der Waals surface area contributed by atoms with E-state index in [-0.39, 0.29) is 11.9 Å². The van der Waals surface area contributed by atoms with Crippen molar-refractivity contribution >= 4 is 33.7 Å². The van der Waals surface area contributed by atoms with E-state index in [2.05, 4.69) is 34.5 Å². The average Bonchev–Trinajstić information content (AvgIpc) is 3.09. The molecule has 5 nitrogen and oxygen atoms in total. The molecule has 21 heavy (non-hydrogen) atoms. The third-order valence-electron chi connectivity index (χ3n) is 3.18. The van der Waals surface area contributed by atoms with Crippen molar-refractivity contribution < 1.29 is 4.79 Å². The fraction of sp³-hybridized carbons (Fsp3) is 0.500. The van der Waals surface area contributed by atoms with Gasteiger partial charge in [-0.2, -0.15) is 0 Å². The maximum absolute atomic E-state index is 12.2. The van der Waals surface area contributed by atoms with E-state index in [0.29, 0.717) is 17.6 Å². The van der Waals surface area contributed by atoms with Crippen molar-refractivity contribution in [3.8, 4) is 0 Å². The molecule has 0 aliphatic rings. The van der Waals surface area contributed by atoms with Crippen molar-refractivity contribution in [2.24, 2.45) is 0 Å². The number of anilines is 1. The fourth-order valence-electron chi connectivity index (χ4n) is 1.75. The monoisotopic (exact) mass is 324 g/mol. The zero-order valence-electron chi connectivity index (χ0n) is 12.7. The van der Waals surface area contributed by atoms with Crippen LogP contribution in [0.4, 0.5) is 5.13 Å². The maximum atomic E-state index is 12.2. The highest BCUT2D eigenvalue weighted by Gasteiger charge is 2.20. The first kappa shape index (κ1) is 16.1. The van der Waals surface area contributed by atoms with Gasteiger partial charge in [-0.3, -0.25) is 9.69 Å². The number of rotatable bonds is 6. The van der Waals surface area contributed by atoms with Crippen molar-refractivity contribution in [1.82, 2.24) is 14.9 Å². The van der Waals surface area contributed by atoms with Crippen LogP contribution in [0.5, 0.6) is 0 Å². The van der Waals surface area contributed by atoms with Crippen LogP contribution in [0.3, 0.4) is 0 Å². The molecular formula is C14H20N4OS2. The lowest BCUT2D eigenvalue weighted by molar-refractivity contribution is -0.120. The lowest BCUT2D eigenvalue weighted by atomic mass is 10.2. The van der Waals surface area contributed by atoms with Gasteiger partial charge in [0.2, 0.25) is 5.91 Å². The minimum absolute atomic E-state index is 0.0493. The van der Waals surface area contributed by atoms with Crippen LogP contribution in [0.25, 0.3) is 0 Å². The van der Waals surface area contributed by atoms with Crippen LogP contribution in [-0.2, 0) is 11.3 Å². The van der Waals surface area contributed by atoms with Crippen LogP contribution in [-0.4, -0.2) is 33.9 Å². The van der Waals surface area contributed by atoms with E-state index in [1.807, 2.05) is 24.3 Å². The highest BCUT2D eigenvalue weighted by atomic mass is 32.1. The molecule has 0 aliphatic heterocycles. The maximum Gasteiger partial charge on any atom is 0.243 e. The van der Waals surface area contributed by atoms with Crippen molar-refractivity contribution in [1.29, 1.82) is 0 Å². The molecule has 0 saturated heterocycles. The molecule has 0 saturated carbocycles. The van der Waals surface area contributed by atoms with Gasteiger partial charge >= 0.3 is 0 Å². The molecule has 1 amide bonds. The number of hydrogen-bond acceptors (Lipinski definition) is 6. The average molecular weight is 324 g/mol. The molecule has 0 fully saturated rings. The van der Waals surface area contributed by atoms with Crippen LogP contribution in [0.1, 0.15) is 37.4 Å². The quantitative estimate of drug-likeness (QED) is 0.886. The summed E-state index contributed by atoms with van der Waals surface area (Å²) in [5.74, 6) is 0.395. The van der Waals surface area contributed by atoms with Gasteiger partial charge in [0.25, 0.3) is 0 Å². The number of nitrogens with zero attached hydrogens (tertiary/aromatic N) is 3. The first-order valence-electron chi connectivity index (χ1n) is 6.82. The van der Waals surface area contributed by atoms with Gasteiger partial charge in [-0.1, -0.05) is 13.8 Å². The predicted octanol–water partition coefficient (Wildman–Crippen LogP) is 3.18. The second kappa shape index (κ2) is 7.11. The molecule has 1 atom stereocenters. The molecule has 1 N–H and O–H groups in total. The lowest BCUT2D eigenvalue weighted by Gasteiger charge is -2.22. The Balaban J connectivity index is 1.92. The number of likely N-dealkylation sites (N-methyl/N-ethyl adjacent to an activating group) is 1. The van der Waals surface area contributed by atoms with Crippen molar-refractivity contribution in [2.45, 2.75) is 39.3 Å². The summed E-state index contributed by atoms with van der Waals surface area (Å²) in [6, 6.07) is -0.238. The van der Waals surface area contributed by atoms with E-state index in [1.165, 1.54) is 11.3 Å². The molecular weight excluding hydrogens is 304 g/mol. The Labute approximate surface area is 133 Å². The number of aromatic nitrogens is 2. The normalized spacial score (nSPS) is 12.9. The lowest BCUT2D eigenvalue weighted by Crippen LogP contribution is -2.39. The minimum atomic E-state index is -0.238. The van der Waals surface area contributed by atoms with Gasteiger partial charge in [-0.15, -0.1) is 22.7 Å². The van der Waals surface area contributed by atoms with Crippen molar-refractivity contribution in [3.05, 3.63) is 27.7 Å². The van der Waals surface area contributed by atoms with E-state index in [4.69, 9.17) is 0 Å². The van der Waals surface area contributed by atoms with Gasteiger partial charge in [-0.05, 0) is 14.0 Å². The topological polar surface area (TPSA) is 58.1 Å². The molecule has 0 unspecified atom stereocenters. The highest BCUT2D eigenvalue weighted by molar-refractivity contribution is 7.13. The molecule has 2 aromatic heterocycles. The largest absolute Gasteiger partial charge is 0.301 e. The van der Waals surface area contributed by atoms with Gasteiger partial charge in [0, 0.05) is 29.4 Å². The second-order valence-electron chi connectivity index (χ2n) is 5.25. The van der Waals surface area contributed by atoms with Crippen molar-refractivity contribution in [3.63, 3.8) is 0 Å². The molecule has 2 aromatic rings. The Morgan fingerprint density at radius 1 is 1.38 bits per heavy atom. The third-order valence-corrected chi connectivity index (χ3v) is 5.06. The SMILES string of the molecule is CC(C)c1nc(CN(C)[C@@H](C)C(=O)Nc2nccs2)cs1. The van der Waals surface area contributed by atoms with E-state index >= 15 is 0 Å². The number of hydrogen-bond donors (Lipinski definition) is 1. The number of nitrogens with one attached hydrogen (secondary N) is 1. The van der Waals surface area contributed by atoms with Crippen LogP contribution in [0, 0.1) is 0 Å². The van der Waals surface area contributed by atoms with Gasteiger partial charge in [0.1, 0.15) is 0 Å². The van der Waals surface area contributed by atoms with E-state index in [9.17, 15) is 4.79 Å². The summed E-state index contributed by atoms with van der Waals surface area (Å²) < 4.78 is 0. The number of amides is 1. The Morgan fingerprint density at radius 3 is 2.71 bits per heavy atom. The molecule has 2 heterocycles. The minimum Gasteiger partial charge on any atom is -0.301 e.